The zero-order valence-electron chi connectivity index (χ0n) is 13.4. The van der Waals surface area contributed by atoms with Crippen LogP contribution in [0.5, 0.6) is 0 Å². The Morgan fingerprint density at radius 1 is 1.20 bits per heavy atom. The maximum atomic E-state index is 11.9. The van der Waals surface area contributed by atoms with Crippen molar-refractivity contribution in [3.8, 4) is 11.3 Å². The van der Waals surface area contributed by atoms with E-state index in [-0.39, 0.29) is 11.7 Å². The Labute approximate surface area is 143 Å². The number of nitrogens with zero attached hydrogens (tertiary/aromatic N) is 2. The Bertz CT molecular complexity index is 793. The van der Waals surface area contributed by atoms with E-state index in [1.807, 2.05) is 0 Å². The Morgan fingerprint density at radius 2 is 1.96 bits per heavy atom. The molecule has 2 amide bonds. The number of nitrogens with one attached hydrogen (secondary N) is 1. The van der Waals surface area contributed by atoms with Crippen LogP contribution in [0.25, 0.3) is 17.4 Å². The predicted octanol–water partition coefficient (Wildman–Crippen LogP) is 2.87. The summed E-state index contributed by atoms with van der Waals surface area (Å²) >= 11 is 0. The van der Waals surface area contributed by atoms with Gasteiger partial charge in [0.25, 0.3) is 5.69 Å². The average Bonchev–Trinajstić information content (AvgIpc) is 3.11. The van der Waals surface area contributed by atoms with Crippen molar-refractivity contribution in [2.75, 3.05) is 26.3 Å². The summed E-state index contributed by atoms with van der Waals surface area (Å²) in [6.07, 6.45) is 3.08. The number of carbonyl (C=O) groups excluding carboxylic acids is 1. The van der Waals surface area contributed by atoms with E-state index in [1.54, 1.807) is 41.3 Å². The normalized spacial score (nSPS) is 14.6. The number of morpholine rings is 1. The monoisotopic (exact) mass is 343 g/mol. The number of nitro benzene ring substituents is 1. The van der Waals surface area contributed by atoms with Crippen LogP contribution in [0, 0.1) is 10.1 Å². The Hall–Kier alpha value is -3.13. The third-order valence-corrected chi connectivity index (χ3v) is 3.75. The number of amides is 2. The van der Waals surface area contributed by atoms with Gasteiger partial charge in [-0.25, -0.2) is 4.79 Å². The lowest BCUT2D eigenvalue weighted by Gasteiger charge is -2.26. The molecule has 0 bridgehead atoms. The van der Waals surface area contributed by atoms with Crippen LogP contribution in [0.1, 0.15) is 5.76 Å². The highest BCUT2D eigenvalue weighted by atomic mass is 16.6. The van der Waals surface area contributed by atoms with Crippen LogP contribution in [0.4, 0.5) is 10.5 Å². The van der Waals surface area contributed by atoms with Gasteiger partial charge in [-0.1, -0.05) is 12.1 Å². The quantitative estimate of drug-likeness (QED) is 0.680. The van der Waals surface area contributed by atoms with Crippen molar-refractivity contribution in [1.29, 1.82) is 0 Å². The molecule has 0 aliphatic carbocycles. The molecule has 1 N–H and O–H groups in total. The molecule has 0 atom stereocenters. The first-order valence-corrected chi connectivity index (χ1v) is 7.78. The first-order valence-electron chi connectivity index (χ1n) is 7.78. The number of nitro groups is 1. The fourth-order valence-electron chi connectivity index (χ4n) is 2.48. The third-order valence-electron chi connectivity index (χ3n) is 3.75. The second-order valence-corrected chi connectivity index (χ2v) is 5.36. The Balaban J connectivity index is 1.66. The molecule has 1 aromatic carbocycles. The van der Waals surface area contributed by atoms with Gasteiger partial charge in [0.15, 0.2) is 0 Å². The van der Waals surface area contributed by atoms with E-state index in [0.717, 1.165) is 0 Å². The molecule has 8 heteroatoms. The van der Waals surface area contributed by atoms with Crippen LogP contribution in [-0.2, 0) is 4.74 Å². The van der Waals surface area contributed by atoms with E-state index in [0.29, 0.717) is 43.4 Å². The molecule has 3 rings (SSSR count). The summed E-state index contributed by atoms with van der Waals surface area (Å²) < 4.78 is 10.8. The molecule has 8 nitrogen and oxygen atoms in total. The lowest BCUT2D eigenvalue weighted by atomic mass is 10.1. The van der Waals surface area contributed by atoms with Crippen molar-refractivity contribution < 1.29 is 18.9 Å². The molecule has 1 aliphatic heterocycles. The van der Waals surface area contributed by atoms with E-state index in [4.69, 9.17) is 9.15 Å². The summed E-state index contributed by atoms with van der Waals surface area (Å²) in [5.41, 5.74) is 0.387. The minimum absolute atomic E-state index is 0.0204. The number of carbonyl (C=O) groups is 1. The fraction of sp³-hybridized carbons (Fsp3) is 0.235. The van der Waals surface area contributed by atoms with E-state index < -0.39 is 4.92 Å². The molecule has 0 radical (unpaired) electrons. The molecule has 1 aliphatic rings. The molecule has 1 fully saturated rings. The van der Waals surface area contributed by atoms with Gasteiger partial charge in [0.1, 0.15) is 11.5 Å². The van der Waals surface area contributed by atoms with Crippen molar-refractivity contribution in [2.45, 2.75) is 0 Å². The molecule has 0 unspecified atom stereocenters. The van der Waals surface area contributed by atoms with Crippen LogP contribution in [0.3, 0.4) is 0 Å². The van der Waals surface area contributed by atoms with Gasteiger partial charge in [0, 0.05) is 25.4 Å². The van der Waals surface area contributed by atoms with E-state index in [9.17, 15) is 14.9 Å². The maximum Gasteiger partial charge on any atom is 0.321 e. The number of ether oxygens (including phenoxy) is 1. The number of urea groups is 1. The van der Waals surface area contributed by atoms with Crippen LogP contribution >= 0.6 is 0 Å². The summed E-state index contributed by atoms with van der Waals surface area (Å²) in [4.78, 5) is 24.2. The SMILES string of the molecule is O=C(NC=Cc1ccc(-c2ccccc2[N+](=O)[O-])o1)N1CCOCC1. The molecule has 1 saturated heterocycles. The molecule has 130 valence electrons. The minimum Gasteiger partial charge on any atom is -0.456 e. The molecule has 0 saturated carbocycles. The highest BCUT2D eigenvalue weighted by molar-refractivity contribution is 5.76. The Morgan fingerprint density at radius 3 is 2.72 bits per heavy atom. The van der Waals surface area contributed by atoms with E-state index in [2.05, 4.69) is 5.32 Å². The van der Waals surface area contributed by atoms with Crippen molar-refractivity contribution in [2.24, 2.45) is 0 Å². The van der Waals surface area contributed by atoms with Crippen molar-refractivity contribution in [3.63, 3.8) is 0 Å². The molecule has 1 aromatic heterocycles. The number of benzene rings is 1. The molecular formula is C17H17N3O5. The zero-order valence-corrected chi connectivity index (χ0v) is 13.4. The summed E-state index contributed by atoms with van der Waals surface area (Å²) in [5.74, 6) is 0.877. The summed E-state index contributed by atoms with van der Waals surface area (Å²) in [6.45, 7) is 2.19. The van der Waals surface area contributed by atoms with Gasteiger partial charge < -0.3 is 19.4 Å². The molecular weight excluding hydrogens is 326 g/mol. The Kier molecular flexibility index (Phi) is 5.10. The smallest absolute Gasteiger partial charge is 0.321 e. The van der Waals surface area contributed by atoms with Crippen molar-refractivity contribution in [1.82, 2.24) is 10.2 Å². The van der Waals surface area contributed by atoms with Gasteiger partial charge in [-0.2, -0.15) is 0 Å². The number of para-hydroxylation sites is 1. The van der Waals surface area contributed by atoms with Crippen molar-refractivity contribution in [3.05, 3.63) is 58.5 Å². The highest BCUT2D eigenvalue weighted by Crippen LogP contribution is 2.30. The first kappa shape index (κ1) is 16.7. The van der Waals surface area contributed by atoms with Gasteiger partial charge in [0.2, 0.25) is 0 Å². The second-order valence-electron chi connectivity index (χ2n) is 5.36. The van der Waals surface area contributed by atoms with E-state index in [1.165, 1.54) is 12.3 Å². The third kappa shape index (κ3) is 4.04. The number of hydrogen-bond donors (Lipinski definition) is 1. The van der Waals surface area contributed by atoms with Gasteiger partial charge in [0.05, 0.1) is 23.7 Å². The van der Waals surface area contributed by atoms with Gasteiger partial charge in [-0.05, 0) is 24.3 Å². The number of rotatable bonds is 4. The molecule has 25 heavy (non-hydrogen) atoms. The average molecular weight is 343 g/mol. The van der Waals surface area contributed by atoms with Gasteiger partial charge in [-0.15, -0.1) is 0 Å². The molecule has 2 aromatic rings. The van der Waals surface area contributed by atoms with Crippen LogP contribution in [-0.4, -0.2) is 42.2 Å². The van der Waals surface area contributed by atoms with Crippen LogP contribution < -0.4 is 5.32 Å². The zero-order chi connectivity index (χ0) is 17.6. The number of hydrogen-bond acceptors (Lipinski definition) is 5. The van der Waals surface area contributed by atoms with Crippen LogP contribution in [0.2, 0.25) is 0 Å². The predicted molar refractivity (Wildman–Crippen MR) is 90.8 cm³/mol. The standard InChI is InChI=1S/C17H17N3O5/c21-17(19-9-11-24-12-10-19)18-8-7-13-5-6-16(25-13)14-3-1-2-4-15(14)20(22)23/h1-8H,9-12H2,(H,18,21). The lowest BCUT2D eigenvalue weighted by molar-refractivity contribution is -0.384. The molecule has 0 spiro atoms. The van der Waals surface area contributed by atoms with Gasteiger partial charge in [-0.3, -0.25) is 10.1 Å². The summed E-state index contributed by atoms with van der Waals surface area (Å²) in [5, 5.41) is 13.8. The molecule has 2 heterocycles. The minimum atomic E-state index is -0.448. The summed E-state index contributed by atoms with van der Waals surface area (Å²) in [6, 6.07) is 9.51. The fourth-order valence-corrected chi connectivity index (χ4v) is 2.48. The van der Waals surface area contributed by atoms with Gasteiger partial charge >= 0.3 is 6.03 Å². The van der Waals surface area contributed by atoms with Crippen molar-refractivity contribution >= 4 is 17.8 Å². The maximum absolute atomic E-state index is 11.9. The largest absolute Gasteiger partial charge is 0.456 e. The first-order chi connectivity index (χ1) is 12.1. The second kappa shape index (κ2) is 7.63. The van der Waals surface area contributed by atoms with Crippen LogP contribution in [0.15, 0.2) is 47.0 Å². The topological polar surface area (TPSA) is 97.8 Å². The highest BCUT2D eigenvalue weighted by Gasteiger charge is 2.17. The lowest BCUT2D eigenvalue weighted by Crippen LogP contribution is -2.44. The number of furan rings is 1. The summed E-state index contributed by atoms with van der Waals surface area (Å²) in [7, 11) is 0. The van der Waals surface area contributed by atoms with E-state index >= 15 is 0 Å².